The van der Waals surface area contributed by atoms with Gasteiger partial charge in [-0.2, -0.15) is 0 Å². The fourth-order valence-electron chi connectivity index (χ4n) is 2.82. The molecular weight excluding hydrogens is 310 g/mol. The molecule has 0 spiro atoms. The molecule has 2 aromatic rings. The topological polar surface area (TPSA) is 30.5 Å². The Kier molecular flexibility index (Phi) is 8.50. The van der Waals surface area contributed by atoms with Crippen LogP contribution in [0.25, 0.3) is 0 Å². The van der Waals surface area contributed by atoms with Gasteiger partial charge in [0.1, 0.15) is 5.75 Å². The van der Waals surface area contributed by atoms with Crippen molar-refractivity contribution < 1.29 is 9.47 Å². The summed E-state index contributed by atoms with van der Waals surface area (Å²) in [6.07, 6.45) is 0.983. The first-order valence-electron chi connectivity index (χ1n) is 9.12. The van der Waals surface area contributed by atoms with E-state index in [1.807, 2.05) is 12.1 Å². The van der Waals surface area contributed by atoms with Crippen LogP contribution in [0.5, 0.6) is 5.75 Å². The SMILES string of the molecule is COc1cccc(CC(CNCC(C)C)COCc2ccccc2)c1. The van der Waals surface area contributed by atoms with E-state index in [4.69, 9.17) is 9.47 Å². The summed E-state index contributed by atoms with van der Waals surface area (Å²) in [6, 6.07) is 18.7. The number of methoxy groups -OCH3 is 1. The Bertz CT molecular complexity index is 598. The summed E-state index contributed by atoms with van der Waals surface area (Å²) in [4.78, 5) is 0. The molecule has 0 radical (unpaired) electrons. The molecule has 0 aromatic heterocycles. The Morgan fingerprint density at radius 1 is 0.920 bits per heavy atom. The van der Waals surface area contributed by atoms with E-state index in [9.17, 15) is 0 Å². The third-order valence-electron chi connectivity index (χ3n) is 4.11. The molecule has 1 unspecified atom stereocenters. The molecule has 0 amide bonds. The molecule has 2 rings (SSSR count). The predicted octanol–water partition coefficient (Wildman–Crippen LogP) is 4.32. The molecule has 0 bridgehead atoms. The lowest BCUT2D eigenvalue weighted by molar-refractivity contribution is 0.0863. The highest BCUT2D eigenvalue weighted by Gasteiger charge is 2.11. The van der Waals surface area contributed by atoms with Gasteiger partial charge in [0.05, 0.1) is 20.3 Å². The molecule has 0 aliphatic carbocycles. The average Bonchev–Trinajstić information content (AvgIpc) is 2.62. The molecule has 1 atom stereocenters. The van der Waals surface area contributed by atoms with Crippen LogP contribution in [0, 0.1) is 11.8 Å². The summed E-state index contributed by atoms with van der Waals surface area (Å²) in [6.45, 7) is 7.88. The van der Waals surface area contributed by atoms with E-state index < -0.39 is 0 Å². The third-order valence-corrected chi connectivity index (χ3v) is 4.11. The summed E-state index contributed by atoms with van der Waals surface area (Å²) in [5, 5.41) is 3.57. The van der Waals surface area contributed by atoms with Gasteiger partial charge in [-0.1, -0.05) is 56.3 Å². The standard InChI is InChI=1S/C22H31NO2/c1-18(2)14-23-15-21(12-20-10-7-11-22(13-20)24-3)17-25-16-19-8-5-4-6-9-19/h4-11,13,18,21,23H,12,14-17H2,1-3H3. The zero-order valence-corrected chi connectivity index (χ0v) is 15.7. The fraction of sp³-hybridized carbons (Fsp3) is 0.455. The molecule has 0 fully saturated rings. The molecule has 0 saturated heterocycles. The molecule has 3 heteroatoms. The van der Waals surface area contributed by atoms with E-state index in [-0.39, 0.29) is 0 Å². The van der Waals surface area contributed by atoms with Gasteiger partial charge in [0.2, 0.25) is 0 Å². The summed E-state index contributed by atoms with van der Waals surface area (Å²) >= 11 is 0. The quantitative estimate of drug-likeness (QED) is 0.660. The second-order valence-corrected chi connectivity index (χ2v) is 6.97. The van der Waals surface area contributed by atoms with Crippen molar-refractivity contribution in [1.29, 1.82) is 0 Å². The van der Waals surface area contributed by atoms with Crippen LogP contribution >= 0.6 is 0 Å². The van der Waals surface area contributed by atoms with Gasteiger partial charge >= 0.3 is 0 Å². The molecule has 0 aliphatic rings. The summed E-state index contributed by atoms with van der Waals surface area (Å²) in [5.41, 5.74) is 2.51. The monoisotopic (exact) mass is 341 g/mol. The van der Waals surface area contributed by atoms with Crippen LogP contribution in [-0.2, 0) is 17.8 Å². The Labute approximate surface area is 152 Å². The van der Waals surface area contributed by atoms with E-state index in [1.165, 1.54) is 11.1 Å². The molecule has 136 valence electrons. The van der Waals surface area contributed by atoms with Gasteiger partial charge in [0.25, 0.3) is 0 Å². The number of benzene rings is 2. The van der Waals surface area contributed by atoms with Gasteiger partial charge in [0, 0.05) is 6.54 Å². The number of hydrogen-bond donors (Lipinski definition) is 1. The third kappa shape index (κ3) is 7.72. The van der Waals surface area contributed by atoms with E-state index in [2.05, 4.69) is 61.6 Å². The maximum Gasteiger partial charge on any atom is 0.119 e. The molecule has 25 heavy (non-hydrogen) atoms. The maximum atomic E-state index is 6.00. The molecule has 0 saturated carbocycles. The van der Waals surface area contributed by atoms with Crippen molar-refractivity contribution in [2.75, 3.05) is 26.8 Å². The smallest absolute Gasteiger partial charge is 0.119 e. The van der Waals surface area contributed by atoms with Crippen LogP contribution in [0.2, 0.25) is 0 Å². The van der Waals surface area contributed by atoms with Gasteiger partial charge in [-0.15, -0.1) is 0 Å². The second-order valence-electron chi connectivity index (χ2n) is 6.97. The lowest BCUT2D eigenvalue weighted by Gasteiger charge is -2.19. The molecule has 0 heterocycles. The fourth-order valence-corrected chi connectivity index (χ4v) is 2.82. The Morgan fingerprint density at radius 2 is 1.68 bits per heavy atom. The molecule has 1 N–H and O–H groups in total. The van der Waals surface area contributed by atoms with E-state index >= 15 is 0 Å². The van der Waals surface area contributed by atoms with Crippen LogP contribution < -0.4 is 10.1 Å². The Balaban J connectivity index is 1.89. The van der Waals surface area contributed by atoms with Crippen molar-refractivity contribution in [3.63, 3.8) is 0 Å². The molecule has 2 aromatic carbocycles. The number of rotatable bonds is 11. The zero-order chi connectivity index (χ0) is 17.9. The Hall–Kier alpha value is -1.84. The van der Waals surface area contributed by atoms with Crippen molar-refractivity contribution in [3.05, 3.63) is 65.7 Å². The largest absolute Gasteiger partial charge is 0.497 e. The first kappa shape index (κ1) is 19.5. The van der Waals surface area contributed by atoms with Gasteiger partial charge in [0.15, 0.2) is 0 Å². The van der Waals surface area contributed by atoms with Crippen molar-refractivity contribution in [1.82, 2.24) is 5.32 Å². The van der Waals surface area contributed by atoms with Gasteiger partial charge < -0.3 is 14.8 Å². The highest BCUT2D eigenvalue weighted by Crippen LogP contribution is 2.16. The number of nitrogens with one attached hydrogen (secondary N) is 1. The maximum absolute atomic E-state index is 6.00. The van der Waals surface area contributed by atoms with Crippen molar-refractivity contribution in [2.45, 2.75) is 26.9 Å². The van der Waals surface area contributed by atoms with Crippen molar-refractivity contribution in [3.8, 4) is 5.75 Å². The van der Waals surface area contributed by atoms with Crippen LogP contribution in [0.1, 0.15) is 25.0 Å². The molecular formula is C22H31NO2. The highest BCUT2D eigenvalue weighted by molar-refractivity contribution is 5.28. The molecule has 3 nitrogen and oxygen atoms in total. The van der Waals surface area contributed by atoms with E-state index in [0.717, 1.165) is 31.9 Å². The predicted molar refractivity (Wildman–Crippen MR) is 104 cm³/mol. The van der Waals surface area contributed by atoms with Crippen LogP contribution in [0.4, 0.5) is 0 Å². The minimum absolute atomic E-state index is 0.439. The summed E-state index contributed by atoms with van der Waals surface area (Å²) < 4.78 is 11.3. The number of hydrogen-bond acceptors (Lipinski definition) is 3. The number of ether oxygens (including phenoxy) is 2. The first-order valence-corrected chi connectivity index (χ1v) is 9.12. The minimum Gasteiger partial charge on any atom is -0.497 e. The second kappa shape index (κ2) is 10.9. The average molecular weight is 341 g/mol. The lowest BCUT2D eigenvalue weighted by atomic mass is 9.99. The van der Waals surface area contributed by atoms with Crippen molar-refractivity contribution in [2.24, 2.45) is 11.8 Å². The Morgan fingerprint density at radius 3 is 2.40 bits per heavy atom. The lowest BCUT2D eigenvalue weighted by Crippen LogP contribution is -2.30. The van der Waals surface area contributed by atoms with E-state index in [1.54, 1.807) is 7.11 Å². The van der Waals surface area contributed by atoms with E-state index in [0.29, 0.717) is 18.4 Å². The van der Waals surface area contributed by atoms with Crippen LogP contribution in [-0.4, -0.2) is 26.8 Å². The van der Waals surface area contributed by atoms with Gasteiger partial charge in [-0.25, -0.2) is 0 Å². The summed E-state index contributed by atoms with van der Waals surface area (Å²) in [7, 11) is 1.71. The minimum atomic E-state index is 0.439. The zero-order valence-electron chi connectivity index (χ0n) is 15.7. The first-order chi connectivity index (χ1) is 12.2. The highest BCUT2D eigenvalue weighted by atomic mass is 16.5. The van der Waals surface area contributed by atoms with Gasteiger partial charge in [-0.3, -0.25) is 0 Å². The van der Waals surface area contributed by atoms with Crippen LogP contribution in [0.15, 0.2) is 54.6 Å². The van der Waals surface area contributed by atoms with Crippen LogP contribution in [0.3, 0.4) is 0 Å². The summed E-state index contributed by atoms with van der Waals surface area (Å²) in [5.74, 6) is 2.01. The van der Waals surface area contributed by atoms with Gasteiger partial charge in [-0.05, 0) is 48.1 Å². The normalized spacial score (nSPS) is 12.3. The molecule has 0 aliphatic heterocycles. The van der Waals surface area contributed by atoms with Crippen molar-refractivity contribution >= 4 is 0 Å².